The van der Waals surface area contributed by atoms with Crippen molar-refractivity contribution >= 4 is 5.97 Å². The van der Waals surface area contributed by atoms with Crippen LogP contribution in [0.4, 0.5) is 0 Å². The van der Waals surface area contributed by atoms with E-state index in [0.29, 0.717) is 26.2 Å². The first-order valence-corrected chi connectivity index (χ1v) is 7.08. The maximum Gasteiger partial charge on any atom is 0.313 e. The summed E-state index contributed by atoms with van der Waals surface area (Å²) in [6.07, 6.45) is 3.64. The van der Waals surface area contributed by atoms with E-state index in [2.05, 4.69) is 11.8 Å². The van der Waals surface area contributed by atoms with Crippen LogP contribution in [0, 0.1) is 5.41 Å². The lowest BCUT2D eigenvalue weighted by Crippen LogP contribution is -2.54. The van der Waals surface area contributed by atoms with E-state index in [1.807, 2.05) is 0 Å². The second kappa shape index (κ2) is 5.77. The van der Waals surface area contributed by atoms with Gasteiger partial charge in [-0.1, -0.05) is 0 Å². The molecule has 110 valence electrons. The molecule has 2 fully saturated rings. The van der Waals surface area contributed by atoms with E-state index in [-0.39, 0.29) is 5.60 Å². The summed E-state index contributed by atoms with van der Waals surface area (Å²) in [5, 5.41) is 9.57. The molecule has 5 nitrogen and oxygen atoms in total. The third-order valence-electron chi connectivity index (χ3n) is 4.53. The second-order valence-electron chi connectivity index (χ2n) is 6.21. The van der Waals surface area contributed by atoms with E-state index in [0.717, 1.165) is 32.4 Å². The van der Waals surface area contributed by atoms with Crippen molar-refractivity contribution in [3.63, 3.8) is 0 Å². The molecule has 0 amide bonds. The zero-order valence-corrected chi connectivity index (χ0v) is 12.0. The van der Waals surface area contributed by atoms with Gasteiger partial charge in [0.05, 0.1) is 12.2 Å². The summed E-state index contributed by atoms with van der Waals surface area (Å²) in [7, 11) is 1.74. The molecule has 2 saturated heterocycles. The number of carboxylic acid groups (broad SMARTS) is 1. The Kier molecular flexibility index (Phi) is 4.48. The molecule has 2 aliphatic rings. The van der Waals surface area contributed by atoms with E-state index in [4.69, 9.17) is 9.47 Å². The third-order valence-corrected chi connectivity index (χ3v) is 4.53. The van der Waals surface area contributed by atoms with Gasteiger partial charge in [0.2, 0.25) is 0 Å². The fourth-order valence-electron chi connectivity index (χ4n) is 3.25. The van der Waals surface area contributed by atoms with Gasteiger partial charge in [0.15, 0.2) is 0 Å². The van der Waals surface area contributed by atoms with Crippen molar-refractivity contribution < 1.29 is 19.4 Å². The number of carboxylic acids is 1. The number of piperidine rings is 1. The molecule has 0 saturated carbocycles. The molecule has 0 bridgehead atoms. The summed E-state index contributed by atoms with van der Waals surface area (Å²) < 4.78 is 11.0. The fourth-order valence-corrected chi connectivity index (χ4v) is 3.25. The van der Waals surface area contributed by atoms with Crippen molar-refractivity contribution in [3.8, 4) is 0 Å². The molecule has 1 N–H and O–H groups in total. The minimum Gasteiger partial charge on any atom is -0.481 e. The molecule has 0 aromatic heterocycles. The van der Waals surface area contributed by atoms with Crippen LogP contribution in [0.1, 0.15) is 32.6 Å². The van der Waals surface area contributed by atoms with Gasteiger partial charge in [-0.25, -0.2) is 0 Å². The minimum atomic E-state index is -0.732. The van der Waals surface area contributed by atoms with Crippen LogP contribution >= 0.6 is 0 Å². The molecule has 5 heteroatoms. The molecule has 0 aliphatic carbocycles. The standard InChI is InChI=1S/C14H25NO4/c1-13(18-2)5-3-7-15(9-13)10-14(12(16)17)6-4-8-19-11-14/h3-11H2,1-2H3,(H,16,17). The Morgan fingerprint density at radius 3 is 2.79 bits per heavy atom. The van der Waals surface area contributed by atoms with Crippen molar-refractivity contribution in [1.82, 2.24) is 4.90 Å². The van der Waals surface area contributed by atoms with Gasteiger partial charge in [0, 0.05) is 26.8 Å². The van der Waals surface area contributed by atoms with Gasteiger partial charge in [-0.05, 0) is 39.2 Å². The average Bonchev–Trinajstić information content (AvgIpc) is 2.40. The van der Waals surface area contributed by atoms with Gasteiger partial charge in [0.25, 0.3) is 0 Å². The first-order chi connectivity index (χ1) is 9.00. The minimum absolute atomic E-state index is 0.145. The Labute approximate surface area is 114 Å². The molecule has 2 aliphatic heterocycles. The Balaban J connectivity index is 2.03. The van der Waals surface area contributed by atoms with Gasteiger partial charge < -0.3 is 14.6 Å². The normalized spacial score (nSPS) is 37.2. The summed E-state index contributed by atoms with van der Waals surface area (Å²) in [5.74, 6) is -0.725. The van der Waals surface area contributed by atoms with Crippen LogP contribution in [-0.4, -0.2) is 61.5 Å². The molecule has 2 rings (SSSR count). The smallest absolute Gasteiger partial charge is 0.313 e. The molecule has 19 heavy (non-hydrogen) atoms. The first kappa shape index (κ1) is 14.8. The van der Waals surface area contributed by atoms with Crippen LogP contribution in [0.3, 0.4) is 0 Å². The molecular formula is C14H25NO4. The highest BCUT2D eigenvalue weighted by Gasteiger charge is 2.43. The van der Waals surface area contributed by atoms with E-state index in [1.54, 1.807) is 7.11 Å². The van der Waals surface area contributed by atoms with Crippen LogP contribution in [-0.2, 0) is 14.3 Å². The summed E-state index contributed by atoms with van der Waals surface area (Å²) in [6.45, 7) is 5.45. The Morgan fingerprint density at radius 1 is 1.42 bits per heavy atom. The molecule has 2 unspecified atom stereocenters. The molecule has 2 heterocycles. The quantitative estimate of drug-likeness (QED) is 0.837. The third kappa shape index (κ3) is 3.27. The van der Waals surface area contributed by atoms with Crippen LogP contribution < -0.4 is 0 Å². The van der Waals surface area contributed by atoms with Gasteiger partial charge in [-0.2, -0.15) is 0 Å². The van der Waals surface area contributed by atoms with E-state index in [1.165, 1.54) is 0 Å². The van der Waals surface area contributed by atoms with Crippen molar-refractivity contribution in [3.05, 3.63) is 0 Å². The number of hydrogen-bond acceptors (Lipinski definition) is 4. The largest absolute Gasteiger partial charge is 0.481 e. The highest BCUT2D eigenvalue weighted by atomic mass is 16.5. The van der Waals surface area contributed by atoms with E-state index < -0.39 is 11.4 Å². The highest BCUT2D eigenvalue weighted by molar-refractivity contribution is 5.75. The number of aliphatic carboxylic acids is 1. The monoisotopic (exact) mass is 271 g/mol. The summed E-state index contributed by atoms with van der Waals surface area (Å²) in [6, 6.07) is 0. The average molecular weight is 271 g/mol. The maximum absolute atomic E-state index is 11.6. The lowest BCUT2D eigenvalue weighted by atomic mass is 9.81. The number of ether oxygens (including phenoxy) is 2. The van der Waals surface area contributed by atoms with Crippen molar-refractivity contribution in [2.75, 3.05) is 40.0 Å². The summed E-state index contributed by atoms with van der Waals surface area (Å²) in [5.41, 5.74) is -0.877. The van der Waals surface area contributed by atoms with Crippen LogP contribution in [0.15, 0.2) is 0 Å². The van der Waals surface area contributed by atoms with Crippen LogP contribution in [0.2, 0.25) is 0 Å². The Morgan fingerprint density at radius 2 is 2.21 bits per heavy atom. The summed E-state index contributed by atoms with van der Waals surface area (Å²) in [4.78, 5) is 13.9. The lowest BCUT2D eigenvalue weighted by molar-refractivity contribution is -0.161. The Bertz CT molecular complexity index is 327. The number of rotatable bonds is 4. The predicted octanol–water partition coefficient (Wildman–Crippen LogP) is 1.37. The second-order valence-corrected chi connectivity index (χ2v) is 6.21. The SMILES string of the molecule is COC1(C)CCCN(CC2(C(=O)O)CCCOC2)C1. The van der Waals surface area contributed by atoms with Crippen molar-refractivity contribution in [2.24, 2.45) is 5.41 Å². The van der Waals surface area contributed by atoms with Gasteiger partial charge >= 0.3 is 5.97 Å². The Hall–Kier alpha value is -0.650. The van der Waals surface area contributed by atoms with E-state index in [9.17, 15) is 9.90 Å². The van der Waals surface area contributed by atoms with Gasteiger partial charge in [0.1, 0.15) is 5.41 Å². The summed E-state index contributed by atoms with van der Waals surface area (Å²) >= 11 is 0. The zero-order chi connectivity index (χ0) is 13.9. The van der Waals surface area contributed by atoms with Crippen molar-refractivity contribution in [2.45, 2.75) is 38.2 Å². The fraction of sp³-hybridized carbons (Fsp3) is 0.929. The van der Waals surface area contributed by atoms with Crippen LogP contribution in [0.25, 0.3) is 0 Å². The number of nitrogens with zero attached hydrogens (tertiary/aromatic N) is 1. The molecule has 2 atom stereocenters. The molecule has 0 aromatic carbocycles. The topological polar surface area (TPSA) is 59.0 Å². The first-order valence-electron chi connectivity index (χ1n) is 7.08. The number of likely N-dealkylation sites (tertiary alicyclic amines) is 1. The molecule has 0 spiro atoms. The number of carbonyl (C=O) groups is 1. The number of methoxy groups -OCH3 is 1. The van der Waals surface area contributed by atoms with Gasteiger partial charge in [-0.15, -0.1) is 0 Å². The van der Waals surface area contributed by atoms with Crippen LogP contribution in [0.5, 0.6) is 0 Å². The lowest BCUT2D eigenvalue weighted by Gasteiger charge is -2.44. The van der Waals surface area contributed by atoms with Crippen molar-refractivity contribution in [1.29, 1.82) is 0 Å². The molecular weight excluding hydrogens is 246 g/mol. The predicted molar refractivity (Wildman–Crippen MR) is 71.2 cm³/mol. The molecule has 0 radical (unpaired) electrons. The zero-order valence-electron chi connectivity index (χ0n) is 12.0. The van der Waals surface area contributed by atoms with Gasteiger partial charge in [-0.3, -0.25) is 9.69 Å². The number of hydrogen-bond donors (Lipinski definition) is 1. The highest BCUT2D eigenvalue weighted by Crippen LogP contribution is 2.33. The van der Waals surface area contributed by atoms with E-state index >= 15 is 0 Å². The molecule has 0 aromatic rings. The maximum atomic E-state index is 11.6.